The van der Waals surface area contributed by atoms with E-state index < -0.39 is 9.84 Å². The number of hydrogen-bond acceptors (Lipinski definition) is 3. The van der Waals surface area contributed by atoms with Crippen molar-refractivity contribution in [3.8, 4) is 0 Å². The highest BCUT2D eigenvalue weighted by atomic mass is 32.2. The first-order valence-electron chi connectivity index (χ1n) is 7.67. The Morgan fingerprint density at radius 2 is 1.64 bits per heavy atom. The van der Waals surface area contributed by atoms with Gasteiger partial charge in [-0.3, -0.25) is 0 Å². The van der Waals surface area contributed by atoms with Crippen LogP contribution in [0.25, 0.3) is 10.8 Å². The van der Waals surface area contributed by atoms with E-state index in [1.165, 1.54) is 5.56 Å². The Labute approximate surface area is 133 Å². The van der Waals surface area contributed by atoms with E-state index in [0.29, 0.717) is 6.54 Å². The van der Waals surface area contributed by atoms with Gasteiger partial charge in [-0.15, -0.1) is 0 Å². The summed E-state index contributed by atoms with van der Waals surface area (Å²) in [5, 5.41) is 5.09. The summed E-state index contributed by atoms with van der Waals surface area (Å²) in [6.07, 6.45) is 0. The molecular formula is C18H25NO2S. The molecule has 0 aliphatic heterocycles. The highest BCUT2D eigenvalue weighted by Gasteiger charge is 2.19. The van der Waals surface area contributed by atoms with Gasteiger partial charge in [-0.2, -0.15) is 0 Å². The van der Waals surface area contributed by atoms with Crippen LogP contribution in [-0.4, -0.2) is 20.8 Å². The van der Waals surface area contributed by atoms with Gasteiger partial charge in [0.2, 0.25) is 0 Å². The van der Waals surface area contributed by atoms with Gasteiger partial charge in [0.1, 0.15) is 0 Å². The molecule has 2 aromatic rings. The van der Waals surface area contributed by atoms with Crippen LogP contribution in [-0.2, 0) is 21.0 Å². The van der Waals surface area contributed by atoms with Gasteiger partial charge >= 0.3 is 0 Å². The van der Waals surface area contributed by atoms with Crippen LogP contribution in [0.2, 0.25) is 0 Å². The van der Waals surface area contributed by atoms with Gasteiger partial charge in [-0.05, 0) is 33.9 Å². The number of hydrogen-bond donors (Lipinski definition) is 1. The Morgan fingerprint density at radius 1 is 1.00 bits per heavy atom. The molecule has 0 spiro atoms. The van der Waals surface area contributed by atoms with E-state index in [0.717, 1.165) is 16.3 Å². The summed E-state index contributed by atoms with van der Waals surface area (Å²) in [5.41, 5.74) is 2.15. The molecule has 0 atom stereocenters. The molecule has 0 aliphatic rings. The van der Waals surface area contributed by atoms with Crippen LogP contribution in [0.4, 0.5) is 0 Å². The van der Waals surface area contributed by atoms with Crippen molar-refractivity contribution in [1.82, 2.24) is 5.32 Å². The zero-order chi connectivity index (χ0) is 16.4. The molecule has 0 bridgehead atoms. The average molecular weight is 319 g/mol. The van der Waals surface area contributed by atoms with Gasteiger partial charge in [0.05, 0.1) is 11.6 Å². The van der Waals surface area contributed by atoms with E-state index in [4.69, 9.17) is 0 Å². The minimum absolute atomic E-state index is 0.0266. The Kier molecular flexibility index (Phi) is 4.93. The monoisotopic (exact) mass is 319 g/mol. The lowest BCUT2D eigenvalue weighted by molar-refractivity contribution is 0.588. The smallest absolute Gasteiger partial charge is 0.167 e. The van der Waals surface area contributed by atoms with Crippen molar-refractivity contribution in [1.29, 1.82) is 0 Å². The molecule has 4 heteroatoms. The highest BCUT2D eigenvalue weighted by Crippen LogP contribution is 2.31. The maximum absolute atomic E-state index is 12.2. The Morgan fingerprint density at radius 3 is 2.27 bits per heavy atom. The van der Waals surface area contributed by atoms with E-state index in [9.17, 15) is 8.42 Å². The summed E-state index contributed by atoms with van der Waals surface area (Å²) in [5.74, 6) is 0.101. The third-order valence-corrected chi connectivity index (χ3v) is 5.16. The lowest BCUT2D eigenvalue weighted by atomic mass is 9.83. The number of fused-ring (bicyclic) bond motifs is 1. The SMILES string of the molecule is CCNCS(=O)(=O)Cc1cccc2c(C(C)(C)C)cccc12. The van der Waals surface area contributed by atoms with Crippen molar-refractivity contribution in [3.63, 3.8) is 0 Å². The first-order chi connectivity index (χ1) is 10.2. The highest BCUT2D eigenvalue weighted by molar-refractivity contribution is 7.90. The first kappa shape index (κ1) is 17.0. The van der Waals surface area contributed by atoms with Crippen molar-refractivity contribution in [2.24, 2.45) is 0 Å². The summed E-state index contributed by atoms with van der Waals surface area (Å²) in [6.45, 7) is 9.09. The topological polar surface area (TPSA) is 46.2 Å². The molecule has 0 unspecified atom stereocenters. The number of rotatable bonds is 5. The van der Waals surface area contributed by atoms with Gasteiger partial charge in [0.15, 0.2) is 9.84 Å². The van der Waals surface area contributed by atoms with Gasteiger partial charge in [-0.25, -0.2) is 8.42 Å². The molecule has 0 amide bonds. The fraction of sp³-hybridized carbons (Fsp3) is 0.444. The van der Waals surface area contributed by atoms with Crippen molar-refractivity contribution >= 4 is 20.6 Å². The number of nitrogens with one attached hydrogen (secondary N) is 1. The second-order valence-corrected chi connectivity index (χ2v) is 8.77. The van der Waals surface area contributed by atoms with Crippen LogP contribution < -0.4 is 5.32 Å². The second kappa shape index (κ2) is 6.39. The van der Waals surface area contributed by atoms with Crippen LogP contribution >= 0.6 is 0 Å². The van der Waals surface area contributed by atoms with Crippen LogP contribution in [0.5, 0.6) is 0 Å². The van der Waals surface area contributed by atoms with Crippen molar-refractivity contribution in [2.75, 3.05) is 12.4 Å². The summed E-state index contributed by atoms with van der Waals surface area (Å²) in [4.78, 5) is 0. The Balaban J connectivity index is 2.49. The molecule has 0 heterocycles. The quantitative estimate of drug-likeness (QED) is 0.915. The lowest BCUT2D eigenvalue weighted by Gasteiger charge is -2.22. The lowest BCUT2D eigenvalue weighted by Crippen LogP contribution is -2.24. The second-order valence-electron chi connectivity index (χ2n) is 6.70. The van der Waals surface area contributed by atoms with E-state index >= 15 is 0 Å². The van der Waals surface area contributed by atoms with Crippen molar-refractivity contribution in [3.05, 3.63) is 47.5 Å². The van der Waals surface area contributed by atoms with E-state index in [2.05, 4.69) is 38.2 Å². The predicted molar refractivity (Wildman–Crippen MR) is 93.8 cm³/mol. The van der Waals surface area contributed by atoms with Crippen LogP contribution in [0.15, 0.2) is 36.4 Å². The summed E-state index contributed by atoms with van der Waals surface area (Å²) < 4.78 is 24.4. The largest absolute Gasteiger partial charge is 0.304 e. The zero-order valence-corrected chi connectivity index (χ0v) is 14.6. The van der Waals surface area contributed by atoms with E-state index in [-0.39, 0.29) is 17.0 Å². The Hall–Kier alpha value is -1.39. The van der Waals surface area contributed by atoms with Crippen LogP contribution in [0, 0.1) is 0 Å². The molecule has 0 fully saturated rings. The van der Waals surface area contributed by atoms with Gasteiger partial charge in [-0.1, -0.05) is 64.1 Å². The van der Waals surface area contributed by atoms with Crippen LogP contribution in [0.3, 0.4) is 0 Å². The van der Waals surface area contributed by atoms with E-state index in [1.54, 1.807) is 0 Å². The fourth-order valence-corrected chi connectivity index (χ4v) is 4.04. The molecule has 3 nitrogen and oxygen atoms in total. The Bertz CT molecular complexity index is 758. The third-order valence-electron chi connectivity index (χ3n) is 3.77. The molecule has 0 aliphatic carbocycles. The zero-order valence-electron chi connectivity index (χ0n) is 13.8. The van der Waals surface area contributed by atoms with Gasteiger partial charge in [0.25, 0.3) is 0 Å². The molecule has 0 radical (unpaired) electrons. The molecule has 120 valence electrons. The molecule has 22 heavy (non-hydrogen) atoms. The summed E-state index contributed by atoms with van der Waals surface area (Å²) in [6, 6.07) is 12.1. The maximum atomic E-state index is 12.2. The van der Waals surface area contributed by atoms with Crippen molar-refractivity contribution < 1.29 is 8.42 Å². The van der Waals surface area contributed by atoms with Crippen molar-refractivity contribution in [2.45, 2.75) is 38.9 Å². The minimum atomic E-state index is -3.15. The fourth-order valence-electron chi connectivity index (χ4n) is 2.70. The average Bonchev–Trinajstić information content (AvgIpc) is 2.43. The van der Waals surface area contributed by atoms with Gasteiger partial charge < -0.3 is 5.32 Å². The van der Waals surface area contributed by atoms with Crippen LogP contribution in [0.1, 0.15) is 38.8 Å². The molecule has 1 N–H and O–H groups in total. The number of sulfone groups is 1. The normalized spacial score (nSPS) is 12.7. The third kappa shape index (κ3) is 3.87. The summed E-state index contributed by atoms with van der Waals surface area (Å²) in [7, 11) is -3.15. The predicted octanol–water partition coefficient (Wildman–Crippen LogP) is 3.62. The molecular weight excluding hydrogens is 294 g/mol. The number of benzene rings is 2. The standard InChI is InChI=1S/C18H25NO2S/c1-5-19-13-22(20,21)12-14-8-6-10-16-15(14)9-7-11-17(16)18(2,3)4/h6-11,19H,5,12-13H2,1-4H3. The molecule has 0 saturated carbocycles. The first-order valence-corrected chi connectivity index (χ1v) is 9.49. The maximum Gasteiger partial charge on any atom is 0.167 e. The summed E-state index contributed by atoms with van der Waals surface area (Å²) >= 11 is 0. The molecule has 0 aromatic heterocycles. The van der Waals surface area contributed by atoms with E-state index in [1.807, 2.05) is 31.2 Å². The van der Waals surface area contributed by atoms with Gasteiger partial charge in [0, 0.05) is 0 Å². The molecule has 0 saturated heterocycles. The molecule has 2 aromatic carbocycles. The minimum Gasteiger partial charge on any atom is -0.304 e. The molecule has 2 rings (SSSR count).